The van der Waals surface area contributed by atoms with Crippen molar-refractivity contribution >= 4 is 50.3 Å². The van der Waals surface area contributed by atoms with Gasteiger partial charge in [-0.05, 0) is 30.4 Å². The van der Waals surface area contributed by atoms with Crippen LogP contribution in [0.25, 0.3) is 10.2 Å². The van der Waals surface area contributed by atoms with Gasteiger partial charge in [-0.2, -0.15) is 5.10 Å². The number of carbonyl (C=O) groups is 1. The molecule has 1 amide bonds. The summed E-state index contributed by atoms with van der Waals surface area (Å²) in [5.41, 5.74) is 1.45. The normalized spacial score (nSPS) is 12.0. The van der Waals surface area contributed by atoms with E-state index in [1.165, 1.54) is 17.7 Å². The Kier molecular flexibility index (Phi) is 7.35. The number of nitrogens with zero attached hydrogens (tertiary/aromatic N) is 6. The molecule has 1 atom stereocenters. The summed E-state index contributed by atoms with van der Waals surface area (Å²) < 4.78 is 2.59. The lowest BCUT2D eigenvalue weighted by Crippen LogP contribution is -2.24. The molecule has 4 aromatic rings. The highest BCUT2D eigenvalue weighted by atomic mass is 32.2. The predicted octanol–water partition coefficient (Wildman–Crippen LogP) is 3.03. The average Bonchev–Trinajstić information content (AvgIpc) is 3.44. The molecule has 0 aliphatic heterocycles. The van der Waals surface area contributed by atoms with E-state index in [2.05, 4.69) is 47.9 Å². The van der Waals surface area contributed by atoms with E-state index in [1.54, 1.807) is 29.6 Å². The SMILES string of the molecule is CSc1cnc(NC[C@H](C)CNc2nc3ccc(C(=O)NCc4ncnn4C)cc3s2)nc1. The van der Waals surface area contributed by atoms with Crippen LogP contribution in [0.1, 0.15) is 23.1 Å². The summed E-state index contributed by atoms with van der Waals surface area (Å²) in [6.45, 7) is 3.96. The zero-order chi connectivity index (χ0) is 23.2. The van der Waals surface area contributed by atoms with Gasteiger partial charge in [0, 0.05) is 43.0 Å². The van der Waals surface area contributed by atoms with Gasteiger partial charge < -0.3 is 16.0 Å². The molecule has 0 aliphatic rings. The molecule has 0 aliphatic carbocycles. The van der Waals surface area contributed by atoms with Crippen molar-refractivity contribution < 1.29 is 4.79 Å². The summed E-state index contributed by atoms with van der Waals surface area (Å²) >= 11 is 3.15. The first-order valence-corrected chi connectivity index (χ1v) is 12.4. The number of anilines is 2. The lowest BCUT2D eigenvalue weighted by Gasteiger charge is -2.13. The molecule has 0 saturated heterocycles. The van der Waals surface area contributed by atoms with Crippen LogP contribution in [0.15, 0.2) is 41.8 Å². The number of hydrogen-bond acceptors (Lipinski definition) is 10. The van der Waals surface area contributed by atoms with E-state index in [4.69, 9.17) is 0 Å². The Morgan fingerprint density at radius 1 is 1.18 bits per heavy atom. The molecule has 3 N–H and O–H groups in total. The van der Waals surface area contributed by atoms with Crippen LogP contribution in [0.5, 0.6) is 0 Å². The van der Waals surface area contributed by atoms with Crippen molar-refractivity contribution in [3.63, 3.8) is 0 Å². The van der Waals surface area contributed by atoms with Gasteiger partial charge in [-0.1, -0.05) is 18.3 Å². The minimum Gasteiger partial charge on any atom is -0.361 e. The number of hydrogen-bond donors (Lipinski definition) is 3. The number of aryl methyl sites for hydroxylation is 1. The maximum atomic E-state index is 12.5. The molecule has 0 bridgehead atoms. The second kappa shape index (κ2) is 10.6. The Morgan fingerprint density at radius 2 is 1.97 bits per heavy atom. The summed E-state index contributed by atoms with van der Waals surface area (Å²) in [5.74, 6) is 1.50. The van der Waals surface area contributed by atoms with Crippen LogP contribution < -0.4 is 16.0 Å². The van der Waals surface area contributed by atoms with E-state index >= 15 is 0 Å². The highest BCUT2D eigenvalue weighted by Crippen LogP contribution is 2.27. The smallest absolute Gasteiger partial charge is 0.251 e. The maximum Gasteiger partial charge on any atom is 0.251 e. The quantitative estimate of drug-likeness (QED) is 0.292. The van der Waals surface area contributed by atoms with Crippen molar-refractivity contribution in [2.24, 2.45) is 13.0 Å². The second-order valence-electron chi connectivity index (χ2n) is 7.50. The van der Waals surface area contributed by atoms with Gasteiger partial charge in [-0.25, -0.2) is 19.9 Å². The van der Waals surface area contributed by atoms with E-state index in [0.717, 1.165) is 33.3 Å². The highest BCUT2D eigenvalue weighted by Gasteiger charge is 2.12. The Labute approximate surface area is 199 Å². The van der Waals surface area contributed by atoms with E-state index in [9.17, 15) is 4.79 Å². The van der Waals surface area contributed by atoms with Crippen molar-refractivity contribution in [3.8, 4) is 0 Å². The largest absolute Gasteiger partial charge is 0.361 e. The van der Waals surface area contributed by atoms with Crippen molar-refractivity contribution in [1.82, 2.24) is 35.0 Å². The summed E-state index contributed by atoms with van der Waals surface area (Å²) in [6, 6.07) is 5.52. The molecule has 172 valence electrons. The third-order valence-electron chi connectivity index (χ3n) is 4.94. The first-order valence-electron chi connectivity index (χ1n) is 10.4. The molecule has 0 radical (unpaired) electrons. The average molecular weight is 484 g/mol. The zero-order valence-electron chi connectivity index (χ0n) is 18.6. The minimum atomic E-state index is -0.157. The maximum absolute atomic E-state index is 12.5. The molecule has 4 rings (SSSR count). The number of aromatic nitrogens is 6. The molecule has 3 heterocycles. The molecule has 0 spiro atoms. The van der Waals surface area contributed by atoms with Gasteiger partial charge in [0.2, 0.25) is 5.95 Å². The Balaban J connectivity index is 1.29. The molecule has 33 heavy (non-hydrogen) atoms. The van der Waals surface area contributed by atoms with E-state index in [-0.39, 0.29) is 5.91 Å². The first-order chi connectivity index (χ1) is 16.0. The number of fused-ring (bicyclic) bond motifs is 1. The van der Waals surface area contributed by atoms with Gasteiger partial charge in [0.05, 0.1) is 16.8 Å². The van der Waals surface area contributed by atoms with Crippen LogP contribution in [0.2, 0.25) is 0 Å². The van der Waals surface area contributed by atoms with Gasteiger partial charge in [0.15, 0.2) is 5.13 Å². The van der Waals surface area contributed by atoms with E-state index < -0.39 is 0 Å². The number of carbonyl (C=O) groups excluding carboxylic acids is 1. The third kappa shape index (κ3) is 5.96. The molecular weight excluding hydrogens is 458 g/mol. The summed E-state index contributed by atoms with van der Waals surface area (Å²) in [6.07, 6.45) is 7.09. The Morgan fingerprint density at radius 3 is 2.70 bits per heavy atom. The second-order valence-corrected chi connectivity index (χ2v) is 9.41. The number of nitrogens with one attached hydrogen (secondary N) is 3. The van der Waals surface area contributed by atoms with Crippen LogP contribution in [0, 0.1) is 5.92 Å². The lowest BCUT2D eigenvalue weighted by atomic mass is 10.2. The molecule has 1 aromatic carbocycles. The fourth-order valence-corrected chi connectivity index (χ4v) is 4.22. The van der Waals surface area contributed by atoms with Crippen LogP contribution in [0.4, 0.5) is 11.1 Å². The predicted molar refractivity (Wildman–Crippen MR) is 132 cm³/mol. The fourth-order valence-electron chi connectivity index (χ4n) is 3.00. The lowest BCUT2D eigenvalue weighted by molar-refractivity contribution is 0.0949. The minimum absolute atomic E-state index is 0.157. The van der Waals surface area contributed by atoms with E-state index in [0.29, 0.717) is 29.8 Å². The monoisotopic (exact) mass is 483 g/mol. The number of thiazole rings is 1. The van der Waals surface area contributed by atoms with Gasteiger partial charge in [0.25, 0.3) is 5.91 Å². The van der Waals surface area contributed by atoms with Crippen molar-refractivity contribution in [1.29, 1.82) is 0 Å². The molecule has 10 nitrogen and oxygen atoms in total. The summed E-state index contributed by atoms with van der Waals surface area (Å²) in [5, 5.41) is 14.4. The van der Waals surface area contributed by atoms with Crippen LogP contribution in [-0.2, 0) is 13.6 Å². The van der Waals surface area contributed by atoms with Gasteiger partial charge in [0.1, 0.15) is 12.2 Å². The molecule has 12 heteroatoms. The topological polar surface area (TPSA) is 123 Å². The number of thioether (sulfide) groups is 1. The van der Waals surface area contributed by atoms with Crippen molar-refractivity contribution in [2.75, 3.05) is 30.0 Å². The summed E-state index contributed by atoms with van der Waals surface area (Å²) in [7, 11) is 1.79. The zero-order valence-corrected chi connectivity index (χ0v) is 20.2. The highest BCUT2D eigenvalue weighted by molar-refractivity contribution is 7.98. The Bertz CT molecular complexity index is 1220. The summed E-state index contributed by atoms with van der Waals surface area (Å²) in [4.78, 5) is 30.9. The Hall–Kier alpha value is -3.25. The molecule has 0 unspecified atom stereocenters. The number of rotatable bonds is 10. The molecule has 0 fully saturated rings. The third-order valence-corrected chi connectivity index (χ3v) is 6.60. The van der Waals surface area contributed by atoms with E-state index in [1.807, 2.05) is 30.8 Å². The van der Waals surface area contributed by atoms with Crippen molar-refractivity contribution in [3.05, 3.63) is 48.3 Å². The molecule has 3 aromatic heterocycles. The van der Waals surface area contributed by atoms with Crippen molar-refractivity contribution in [2.45, 2.75) is 18.4 Å². The van der Waals surface area contributed by atoms with Gasteiger partial charge >= 0.3 is 0 Å². The van der Waals surface area contributed by atoms with Crippen LogP contribution in [-0.4, -0.2) is 55.0 Å². The van der Waals surface area contributed by atoms with Gasteiger partial charge in [-0.3, -0.25) is 9.48 Å². The molecule has 0 saturated carbocycles. The molecular formula is C21H25N9OS2. The first kappa shape index (κ1) is 22.9. The number of benzene rings is 1. The number of amides is 1. The standard InChI is InChI=1S/C21H25N9OS2/c1-13(7-23-20-24-9-15(32-3)10-25-20)8-26-21-29-16-5-4-14(6-17(16)33-21)19(31)22-11-18-27-12-28-30(18)2/h4-6,9-10,12-13H,7-8,11H2,1-3H3,(H,22,31)(H,26,29)(H,23,24,25)/t13-/m0/s1. The fraction of sp³-hybridized carbons (Fsp3) is 0.333. The van der Waals surface area contributed by atoms with Crippen LogP contribution >= 0.6 is 23.1 Å². The van der Waals surface area contributed by atoms with Gasteiger partial charge in [-0.15, -0.1) is 11.8 Å². The van der Waals surface area contributed by atoms with Crippen LogP contribution in [0.3, 0.4) is 0 Å².